The standard InChI is InChI=1S/C12H14BrN5O/c13-7-5-8-9(14)1-2-10(11(8)18-6-7)16-3-4-17-12(15)19/h1-2,5-6,16H,3-4,14H2,(H3,15,17,19). The molecule has 0 unspecified atom stereocenters. The van der Waals surface area contributed by atoms with Crippen LogP contribution in [0.1, 0.15) is 0 Å². The van der Waals surface area contributed by atoms with Crippen molar-refractivity contribution in [3.8, 4) is 0 Å². The maximum atomic E-state index is 10.6. The Hall–Kier alpha value is -2.02. The van der Waals surface area contributed by atoms with Crippen molar-refractivity contribution in [1.82, 2.24) is 10.3 Å². The molecule has 6 N–H and O–H groups in total. The first kappa shape index (κ1) is 13.4. The van der Waals surface area contributed by atoms with Gasteiger partial charge in [-0.15, -0.1) is 0 Å². The van der Waals surface area contributed by atoms with Gasteiger partial charge in [0.25, 0.3) is 0 Å². The predicted molar refractivity (Wildman–Crippen MR) is 79.9 cm³/mol. The van der Waals surface area contributed by atoms with E-state index in [9.17, 15) is 4.79 Å². The number of aromatic nitrogens is 1. The number of nitrogen functional groups attached to an aromatic ring is 1. The van der Waals surface area contributed by atoms with E-state index >= 15 is 0 Å². The quantitative estimate of drug-likeness (QED) is 0.507. The minimum absolute atomic E-state index is 0.442. The Morgan fingerprint density at radius 1 is 1.37 bits per heavy atom. The summed E-state index contributed by atoms with van der Waals surface area (Å²) in [6.45, 7) is 0.997. The molecular formula is C12H14BrN5O. The van der Waals surface area contributed by atoms with Crippen molar-refractivity contribution in [2.24, 2.45) is 5.73 Å². The number of primary amides is 1. The molecule has 6 nitrogen and oxygen atoms in total. The van der Waals surface area contributed by atoms with Crippen LogP contribution in [0.5, 0.6) is 0 Å². The highest BCUT2D eigenvalue weighted by Crippen LogP contribution is 2.28. The van der Waals surface area contributed by atoms with Crippen molar-refractivity contribution >= 4 is 44.2 Å². The number of urea groups is 1. The zero-order valence-electron chi connectivity index (χ0n) is 10.1. The molecule has 0 aliphatic heterocycles. The van der Waals surface area contributed by atoms with Gasteiger partial charge in [-0.2, -0.15) is 0 Å². The summed E-state index contributed by atoms with van der Waals surface area (Å²) in [5, 5.41) is 6.57. The maximum absolute atomic E-state index is 10.6. The molecular weight excluding hydrogens is 310 g/mol. The van der Waals surface area contributed by atoms with Gasteiger partial charge in [-0.1, -0.05) is 0 Å². The number of anilines is 2. The Morgan fingerprint density at radius 2 is 2.16 bits per heavy atom. The highest BCUT2D eigenvalue weighted by Gasteiger charge is 2.06. The van der Waals surface area contributed by atoms with E-state index in [2.05, 4.69) is 31.5 Å². The molecule has 7 heteroatoms. The van der Waals surface area contributed by atoms with Gasteiger partial charge in [-0.25, -0.2) is 4.79 Å². The Kier molecular flexibility index (Phi) is 4.06. The van der Waals surface area contributed by atoms with Gasteiger partial charge in [0.2, 0.25) is 0 Å². The fraction of sp³-hybridized carbons (Fsp3) is 0.167. The molecule has 0 aliphatic rings. The SMILES string of the molecule is NC(=O)NCCNc1ccc(N)c2cc(Br)cnc12. The third kappa shape index (κ3) is 3.25. The first-order valence-corrected chi connectivity index (χ1v) is 6.48. The van der Waals surface area contributed by atoms with E-state index in [4.69, 9.17) is 11.5 Å². The number of benzene rings is 1. The topological polar surface area (TPSA) is 106 Å². The minimum Gasteiger partial charge on any atom is -0.398 e. The number of pyridine rings is 1. The van der Waals surface area contributed by atoms with Crippen LogP contribution in [0, 0.1) is 0 Å². The Bertz CT molecular complexity index is 616. The molecule has 0 spiro atoms. The van der Waals surface area contributed by atoms with Crippen LogP contribution in [0.3, 0.4) is 0 Å². The summed E-state index contributed by atoms with van der Waals surface area (Å²) >= 11 is 3.37. The van der Waals surface area contributed by atoms with Crippen LogP contribution >= 0.6 is 15.9 Å². The van der Waals surface area contributed by atoms with Gasteiger partial charge >= 0.3 is 6.03 Å². The van der Waals surface area contributed by atoms with E-state index in [1.807, 2.05) is 18.2 Å². The van der Waals surface area contributed by atoms with Gasteiger partial charge in [0.05, 0.1) is 11.2 Å². The van der Waals surface area contributed by atoms with Gasteiger partial charge in [0.1, 0.15) is 0 Å². The number of rotatable bonds is 4. The van der Waals surface area contributed by atoms with Gasteiger partial charge in [-0.05, 0) is 34.1 Å². The Morgan fingerprint density at radius 3 is 2.89 bits per heavy atom. The summed E-state index contributed by atoms with van der Waals surface area (Å²) in [6.07, 6.45) is 1.72. The normalized spacial score (nSPS) is 10.4. The minimum atomic E-state index is -0.536. The average molecular weight is 324 g/mol. The maximum Gasteiger partial charge on any atom is 0.312 e. The predicted octanol–water partition coefficient (Wildman–Crippen LogP) is 1.66. The fourth-order valence-corrected chi connectivity index (χ4v) is 2.07. The number of halogens is 1. The lowest BCUT2D eigenvalue weighted by Gasteiger charge is -2.11. The molecule has 0 saturated carbocycles. The monoisotopic (exact) mass is 323 g/mol. The van der Waals surface area contributed by atoms with Crippen LogP contribution in [0.4, 0.5) is 16.2 Å². The number of carbonyl (C=O) groups excluding carboxylic acids is 1. The van der Waals surface area contributed by atoms with Crippen molar-refractivity contribution in [3.05, 3.63) is 28.9 Å². The molecule has 2 rings (SSSR count). The lowest BCUT2D eigenvalue weighted by molar-refractivity contribution is 0.249. The molecule has 2 aromatic rings. The number of amides is 2. The average Bonchev–Trinajstić information content (AvgIpc) is 2.37. The Balaban J connectivity index is 2.19. The van der Waals surface area contributed by atoms with Crippen LogP contribution in [-0.4, -0.2) is 24.1 Å². The largest absolute Gasteiger partial charge is 0.398 e. The second kappa shape index (κ2) is 5.75. The van der Waals surface area contributed by atoms with E-state index < -0.39 is 6.03 Å². The van der Waals surface area contributed by atoms with Crippen LogP contribution < -0.4 is 22.1 Å². The smallest absolute Gasteiger partial charge is 0.312 e. The molecule has 0 atom stereocenters. The zero-order valence-corrected chi connectivity index (χ0v) is 11.7. The lowest BCUT2D eigenvalue weighted by Crippen LogP contribution is -2.33. The molecule has 0 saturated heterocycles. The highest BCUT2D eigenvalue weighted by molar-refractivity contribution is 9.10. The van der Waals surface area contributed by atoms with Crippen molar-refractivity contribution < 1.29 is 4.79 Å². The van der Waals surface area contributed by atoms with Crippen molar-refractivity contribution in [1.29, 1.82) is 0 Å². The number of nitrogens with one attached hydrogen (secondary N) is 2. The van der Waals surface area contributed by atoms with E-state index in [1.54, 1.807) is 6.20 Å². The first-order valence-electron chi connectivity index (χ1n) is 5.69. The highest BCUT2D eigenvalue weighted by atomic mass is 79.9. The summed E-state index contributed by atoms with van der Waals surface area (Å²) in [5.74, 6) is 0. The molecule has 0 bridgehead atoms. The summed E-state index contributed by atoms with van der Waals surface area (Å²) in [6, 6.07) is 5.07. The molecule has 19 heavy (non-hydrogen) atoms. The van der Waals surface area contributed by atoms with Gasteiger partial charge < -0.3 is 22.1 Å². The van der Waals surface area contributed by atoms with Crippen molar-refractivity contribution in [3.63, 3.8) is 0 Å². The van der Waals surface area contributed by atoms with Gasteiger partial charge in [0, 0.05) is 34.8 Å². The third-order valence-electron chi connectivity index (χ3n) is 2.59. The Labute approximate surface area is 118 Å². The molecule has 2 amide bonds. The molecule has 1 aromatic heterocycles. The van der Waals surface area contributed by atoms with Crippen molar-refractivity contribution in [2.75, 3.05) is 24.1 Å². The second-order valence-electron chi connectivity index (χ2n) is 3.97. The summed E-state index contributed by atoms with van der Waals surface area (Å²) in [4.78, 5) is 14.9. The zero-order chi connectivity index (χ0) is 13.8. The van der Waals surface area contributed by atoms with Crippen LogP contribution in [0.15, 0.2) is 28.9 Å². The third-order valence-corrected chi connectivity index (χ3v) is 3.02. The van der Waals surface area contributed by atoms with E-state index in [-0.39, 0.29) is 0 Å². The van der Waals surface area contributed by atoms with Crippen molar-refractivity contribution in [2.45, 2.75) is 0 Å². The van der Waals surface area contributed by atoms with Crippen LogP contribution in [0.2, 0.25) is 0 Å². The number of fused-ring (bicyclic) bond motifs is 1. The van der Waals surface area contributed by atoms with Crippen LogP contribution in [0.25, 0.3) is 10.9 Å². The molecule has 0 aliphatic carbocycles. The molecule has 1 heterocycles. The second-order valence-corrected chi connectivity index (χ2v) is 4.89. The van der Waals surface area contributed by atoms with Crippen LogP contribution in [-0.2, 0) is 0 Å². The molecule has 0 fully saturated rings. The number of carbonyl (C=O) groups is 1. The molecule has 1 aromatic carbocycles. The number of nitrogens with zero attached hydrogens (tertiary/aromatic N) is 1. The molecule has 0 radical (unpaired) electrons. The summed E-state index contributed by atoms with van der Waals surface area (Å²) < 4.78 is 0.874. The number of nitrogens with two attached hydrogens (primary N) is 2. The van der Waals surface area contributed by atoms with E-state index in [0.717, 1.165) is 21.1 Å². The first-order chi connectivity index (χ1) is 9.08. The van der Waals surface area contributed by atoms with Gasteiger partial charge in [0.15, 0.2) is 0 Å². The number of hydrogen-bond acceptors (Lipinski definition) is 4. The van der Waals surface area contributed by atoms with E-state index in [1.165, 1.54) is 0 Å². The van der Waals surface area contributed by atoms with E-state index in [0.29, 0.717) is 18.8 Å². The summed E-state index contributed by atoms with van der Waals surface area (Å²) in [5.41, 5.74) is 13.2. The number of hydrogen-bond donors (Lipinski definition) is 4. The lowest BCUT2D eigenvalue weighted by atomic mass is 10.1. The van der Waals surface area contributed by atoms with Gasteiger partial charge in [-0.3, -0.25) is 4.98 Å². The molecule has 100 valence electrons. The fourth-order valence-electron chi connectivity index (χ4n) is 1.74. The summed E-state index contributed by atoms with van der Waals surface area (Å²) in [7, 11) is 0.